The molecule has 2 aromatic rings. The lowest BCUT2D eigenvalue weighted by Gasteiger charge is -2.05. The van der Waals surface area contributed by atoms with Crippen molar-refractivity contribution < 1.29 is 0 Å². The van der Waals surface area contributed by atoms with Gasteiger partial charge in [-0.25, -0.2) is 4.98 Å². The summed E-state index contributed by atoms with van der Waals surface area (Å²) in [5.41, 5.74) is 3.69. The molecule has 3 heteroatoms. The van der Waals surface area contributed by atoms with Gasteiger partial charge in [-0.15, -0.1) is 11.6 Å². The number of benzene rings is 1. The van der Waals surface area contributed by atoms with E-state index in [-0.39, 0.29) is 0 Å². The quantitative estimate of drug-likeness (QED) is 0.744. The third kappa shape index (κ3) is 1.52. The fraction of sp³-hybridized carbons (Fsp3) is 0.462. The van der Waals surface area contributed by atoms with Crippen molar-refractivity contribution >= 4 is 22.6 Å². The summed E-state index contributed by atoms with van der Waals surface area (Å²) in [6.07, 6.45) is 3.44. The molecule has 1 saturated carbocycles. The van der Waals surface area contributed by atoms with Gasteiger partial charge in [0.1, 0.15) is 5.82 Å². The zero-order valence-corrected chi connectivity index (χ0v) is 10.2. The minimum absolute atomic E-state index is 0.648. The summed E-state index contributed by atoms with van der Waals surface area (Å²) in [5.74, 6) is 1.80. The summed E-state index contributed by atoms with van der Waals surface area (Å²) < 4.78 is 2.39. The van der Waals surface area contributed by atoms with Crippen LogP contribution in [0.5, 0.6) is 0 Å². The van der Waals surface area contributed by atoms with Crippen molar-refractivity contribution in [2.45, 2.75) is 32.2 Å². The average Bonchev–Trinajstić information content (AvgIpc) is 3.02. The van der Waals surface area contributed by atoms with Gasteiger partial charge in [-0.3, -0.25) is 0 Å². The van der Waals surface area contributed by atoms with Crippen LogP contribution in [0.25, 0.3) is 11.0 Å². The van der Waals surface area contributed by atoms with E-state index < -0.39 is 0 Å². The molecule has 1 aliphatic carbocycles. The van der Waals surface area contributed by atoms with Crippen LogP contribution in [0.1, 0.15) is 30.3 Å². The first-order valence-electron chi connectivity index (χ1n) is 5.83. The first kappa shape index (κ1) is 10.2. The lowest BCUT2D eigenvalue weighted by atomic mass is 10.2. The summed E-state index contributed by atoms with van der Waals surface area (Å²) in [5, 5.41) is 0. The van der Waals surface area contributed by atoms with Crippen LogP contribution in [0.4, 0.5) is 0 Å². The minimum Gasteiger partial charge on any atom is -0.325 e. The Bertz CT molecular complexity index is 526. The third-order valence-electron chi connectivity index (χ3n) is 3.23. The Morgan fingerprint density at radius 1 is 1.44 bits per heavy atom. The van der Waals surface area contributed by atoms with Crippen LogP contribution in [0.3, 0.4) is 0 Å². The molecule has 3 rings (SSSR count). The predicted octanol–water partition coefficient (Wildman–Crippen LogP) is 3.46. The molecule has 1 aromatic carbocycles. The largest absolute Gasteiger partial charge is 0.325 e. The van der Waals surface area contributed by atoms with Crippen molar-refractivity contribution in [3.63, 3.8) is 0 Å². The zero-order valence-electron chi connectivity index (χ0n) is 9.41. The maximum Gasteiger partial charge on any atom is 0.111 e. The lowest BCUT2D eigenvalue weighted by Crippen LogP contribution is -2.02. The fourth-order valence-electron chi connectivity index (χ4n) is 2.31. The van der Waals surface area contributed by atoms with E-state index in [2.05, 4.69) is 29.7 Å². The number of hydrogen-bond donors (Lipinski definition) is 0. The van der Waals surface area contributed by atoms with Crippen LogP contribution in [0.15, 0.2) is 18.2 Å². The summed E-state index contributed by atoms with van der Waals surface area (Å²) in [7, 11) is 0. The van der Waals surface area contributed by atoms with Gasteiger partial charge in [-0.05, 0) is 31.4 Å². The van der Waals surface area contributed by atoms with E-state index in [1.807, 2.05) is 0 Å². The van der Waals surface area contributed by atoms with E-state index in [1.54, 1.807) is 0 Å². The van der Waals surface area contributed by atoms with Gasteiger partial charge in [0.15, 0.2) is 0 Å². The van der Waals surface area contributed by atoms with Gasteiger partial charge in [0.05, 0.1) is 11.0 Å². The molecule has 2 nitrogen and oxygen atoms in total. The normalized spacial score (nSPS) is 15.9. The average molecular weight is 235 g/mol. The number of aryl methyl sites for hydroxylation is 2. The highest BCUT2D eigenvalue weighted by Gasteiger charge is 2.28. The fourth-order valence-corrected chi connectivity index (χ4v) is 2.48. The van der Waals surface area contributed by atoms with E-state index >= 15 is 0 Å². The topological polar surface area (TPSA) is 17.8 Å². The van der Waals surface area contributed by atoms with Crippen molar-refractivity contribution in [2.24, 2.45) is 0 Å². The molecule has 0 saturated heterocycles. The molecule has 0 bridgehead atoms. The molecule has 0 aliphatic heterocycles. The van der Waals surface area contributed by atoms with E-state index in [0.29, 0.717) is 11.9 Å². The maximum atomic E-state index is 5.85. The second kappa shape index (κ2) is 3.77. The molecule has 0 spiro atoms. The summed E-state index contributed by atoms with van der Waals surface area (Å²) in [6, 6.07) is 7.08. The van der Waals surface area contributed by atoms with Crippen LogP contribution >= 0.6 is 11.6 Å². The van der Waals surface area contributed by atoms with Crippen LogP contribution in [-0.4, -0.2) is 15.4 Å². The second-order valence-corrected chi connectivity index (χ2v) is 4.89. The van der Waals surface area contributed by atoms with E-state index in [4.69, 9.17) is 16.6 Å². The molecule has 1 heterocycles. The molecule has 0 unspecified atom stereocenters. The molecule has 1 aliphatic rings. The van der Waals surface area contributed by atoms with Crippen LogP contribution in [0, 0.1) is 6.92 Å². The van der Waals surface area contributed by atoms with E-state index in [1.165, 1.54) is 23.9 Å². The number of fused-ring (bicyclic) bond motifs is 1. The summed E-state index contributed by atoms with van der Waals surface area (Å²) >= 11 is 5.85. The summed E-state index contributed by atoms with van der Waals surface area (Å²) in [4.78, 5) is 4.74. The highest BCUT2D eigenvalue weighted by Crippen LogP contribution is 2.39. The Balaban J connectivity index is 2.24. The van der Waals surface area contributed by atoms with E-state index in [9.17, 15) is 0 Å². The Morgan fingerprint density at radius 2 is 2.25 bits per heavy atom. The molecule has 16 heavy (non-hydrogen) atoms. The molecule has 0 amide bonds. The minimum atomic E-state index is 0.648. The first-order valence-corrected chi connectivity index (χ1v) is 6.37. The Hall–Kier alpha value is -1.02. The molecule has 84 valence electrons. The molecular weight excluding hydrogens is 220 g/mol. The summed E-state index contributed by atoms with van der Waals surface area (Å²) in [6.45, 7) is 2.12. The Kier molecular flexibility index (Phi) is 2.40. The van der Waals surface area contributed by atoms with Gasteiger partial charge in [-0.1, -0.05) is 12.1 Å². The standard InChI is InChI=1S/C13H15ClN2/c1-9-3-2-4-11-13(9)15-12(7-8-14)16(11)10-5-6-10/h2-4,10H,5-8H2,1H3. The van der Waals surface area contributed by atoms with Gasteiger partial charge in [0, 0.05) is 18.3 Å². The molecule has 0 N–H and O–H groups in total. The SMILES string of the molecule is Cc1cccc2c1nc(CCCl)n2C1CC1. The van der Waals surface area contributed by atoms with Crippen LogP contribution in [-0.2, 0) is 6.42 Å². The van der Waals surface area contributed by atoms with Crippen LogP contribution < -0.4 is 0 Å². The predicted molar refractivity (Wildman–Crippen MR) is 67.2 cm³/mol. The number of halogens is 1. The van der Waals surface area contributed by atoms with Gasteiger partial charge in [-0.2, -0.15) is 0 Å². The highest BCUT2D eigenvalue weighted by atomic mass is 35.5. The van der Waals surface area contributed by atoms with Crippen molar-refractivity contribution in [3.8, 4) is 0 Å². The van der Waals surface area contributed by atoms with Crippen molar-refractivity contribution in [1.82, 2.24) is 9.55 Å². The van der Waals surface area contributed by atoms with Gasteiger partial charge >= 0.3 is 0 Å². The number of para-hydroxylation sites is 1. The maximum absolute atomic E-state index is 5.85. The smallest absolute Gasteiger partial charge is 0.111 e. The molecule has 0 radical (unpaired) electrons. The number of rotatable bonds is 3. The van der Waals surface area contributed by atoms with Crippen molar-refractivity contribution in [1.29, 1.82) is 0 Å². The number of imidazole rings is 1. The molecule has 1 fully saturated rings. The lowest BCUT2D eigenvalue weighted by molar-refractivity contribution is 0.709. The Morgan fingerprint density at radius 3 is 2.94 bits per heavy atom. The number of alkyl halides is 1. The van der Waals surface area contributed by atoms with Gasteiger partial charge < -0.3 is 4.57 Å². The number of hydrogen-bond acceptors (Lipinski definition) is 1. The third-order valence-corrected chi connectivity index (χ3v) is 3.41. The van der Waals surface area contributed by atoms with Crippen molar-refractivity contribution in [2.75, 3.05) is 5.88 Å². The Labute approximate surface area is 100 Å². The first-order chi connectivity index (χ1) is 7.81. The second-order valence-electron chi connectivity index (χ2n) is 4.51. The zero-order chi connectivity index (χ0) is 11.1. The number of nitrogens with zero attached hydrogens (tertiary/aromatic N) is 2. The van der Waals surface area contributed by atoms with Gasteiger partial charge in [0.2, 0.25) is 0 Å². The molecule has 1 aromatic heterocycles. The monoisotopic (exact) mass is 234 g/mol. The van der Waals surface area contributed by atoms with Crippen LogP contribution in [0.2, 0.25) is 0 Å². The van der Waals surface area contributed by atoms with Gasteiger partial charge in [0.25, 0.3) is 0 Å². The van der Waals surface area contributed by atoms with Crippen molar-refractivity contribution in [3.05, 3.63) is 29.6 Å². The molecule has 0 atom stereocenters. The van der Waals surface area contributed by atoms with E-state index in [0.717, 1.165) is 17.8 Å². The number of aromatic nitrogens is 2. The molecular formula is C13H15ClN2. The highest BCUT2D eigenvalue weighted by molar-refractivity contribution is 6.17.